The summed E-state index contributed by atoms with van der Waals surface area (Å²) in [5.74, 6) is 0.945. The third kappa shape index (κ3) is 3.08. The van der Waals surface area contributed by atoms with E-state index in [4.69, 9.17) is 4.52 Å². The summed E-state index contributed by atoms with van der Waals surface area (Å²) in [5.41, 5.74) is 0. The van der Waals surface area contributed by atoms with E-state index < -0.39 is 0 Å². The van der Waals surface area contributed by atoms with Crippen LogP contribution in [0.4, 0.5) is 0 Å². The largest absolute Gasteiger partial charge is 0.339 e. The highest BCUT2D eigenvalue weighted by Gasteiger charge is 2.47. The number of likely N-dealkylation sites (tertiary alicyclic amines) is 1. The van der Waals surface area contributed by atoms with Crippen LogP contribution < -0.4 is 5.32 Å². The summed E-state index contributed by atoms with van der Waals surface area (Å²) in [6.07, 6.45) is 4.21. The quantitative estimate of drug-likeness (QED) is 0.787. The van der Waals surface area contributed by atoms with Crippen molar-refractivity contribution in [2.45, 2.75) is 38.1 Å². The van der Waals surface area contributed by atoms with Gasteiger partial charge in [-0.15, -0.1) is 0 Å². The summed E-state index contributed by atoms with van der Waals surface area (Å²) in [6.45, 7) is 3.03. The van der Waals surface area contributed by atoms with E-state index in [9.17, 15) is 9.59 Å². The van der Waals surface area contributed by atoms with Gasteiger partial charge in [-0.25, -0.2) is 0 Å². The van der Waals surface area contributed by atoms with Crippen molar-refractivity contribution in [1.82, 2.24) is 25.3 Å². The Bertz CT molecular complexity index is 636. The predicted molar refractivity (Wildman–Crippen MR) is 88.4 cm³/mol. The molecule has 3 unspecified atom stereocenters. The number of imide groups is 1. The minimum absolute atomic E-state index is 0.00865. The molecular weight excluding hydrogens is 322 g/mol. The summed E-state index contributed by atoms with van der Waals surface area (Å²) in [5, 5.41) is 7.42. The van der Waals surface area contributed by atoms with E-state index in [2.05, 4.69) is 20.4 Å². The molecule has 1 saturated carbocycles. The van der Waals surface area contributed by atoms with Gasteiger partial charge in [0, 0.05) is 32.6 Å². The number of piperazine rings is 1. The highest BCUT2D eigenvalue weighted by atomic mass is 16.5. The molecule has 3 aliphatic rings. The first-order chi connectivity index (χ1) is 12.1. The van der Waals surface area contributed by atoms with Gasteiger partial charge in [-0.1, -0.05) is 18.0 Å². The van der Waals surface area contributed by atoms with Crippen LogP contribution in [0.5, 0.6) is 0 Å². The fourth-order valence-electron chi connectivity index (χ4n) is 4.26. The number of hydrogen-bond acceptors (Lipinski definition) is 7. The third-order valence-electron chi connectivity index (χ3n) is 5.77. The number of rotatable bonds is 4. The van der Waals surface area contributed by atoms with Crippen LogP contribution in [0.1, 0.15) is 43.4 Å². The molecule has 4 rings (SSSR count). The van der Waals surface area contributed by atoms with Gasteiger partial charge in [-0.3, -0.25) is 19.4 Å². The van der Waals surface area contributed by atoms with E-state index in [0.717, 1.165) is 45.3 Å². The first-order valence-electron chi connectivity index (χ1n) is 9.24. The molecule has 2 amide bonds. The van der Waals surface area contributed by atoms with Crippen LogP contribution in [0.2, 0.25) is 0 Å². The predicted octanol–water partition coefficient (Wildman–Crippen LogP) is 0.363. The standard InChI is InChI=1S/C17H25N5O3/c1-21-9-7-18-10-13(21)15-19-14(25-20-15)6-8-22-16(23)11-4-2-3-5-12(11)17(22)24/h11-13,18H,2-10H2,1H3. The van der Waals surface area contributed by atoms with Crippen molar-refractivity contribution in [3.8, 4) is 0 Å². The molecule has 2 aliphatic heterocycles. The van der Waals surface area contributed by atoms with Gasteiger partial charge in [0.25, 0.3) is 0 Å². The minimum atomic E-state index is -0.0959. The van der Waals surface area contributed by atoms with Crippen LogP contribution in [-0.2, 0) is 16.0 Å². The van der Waals surface area contributed by atoms with Gasteiger partial charge in [0.1, 0.15) is 0 Å². The zero-order chi connectivity index (χ0) is 17.4. The lowest BCUT2D eigenvalue weighted by Crippen LogP contribution is -2.44. The van der Waals surface area contributed by atoms with Crippen molar-refractivity contribution in [2.24, 2.45) is 11.8 Å². The second-order valence-electron chi connectivity index (χ2n) is 7.32. The van der Waals surface area contributed by atoms with Crippen molar-refractivity contribution in [2.75, 3.05) is 33.2 Å². The highest BCUT2D eigenvalue weighted by molar-refractivity contribution is 6.05. The first kappa shape index (κ1) is 16.7. The van der Waals surface area contributed by atoms with Gasteiger partial charge in [-0.2, -0.15) is 4.98 Å². The number of carbonyl (C=O) groups excluding carboxylic acids is 2. The van der Waals surface area contributed by atoms with Gasteiger partial charge in [0.15, 0.2) is 5.82 Å². The molecule has 8 heteroatoms. The van der Waals surface area contributed by atoms with Crippen LogP contribution in [0.3, 0.4) is 0 Å². The Morgan fingerprint density at radius 2 is 1.92 bits per heavy atom. The van der Waals surface area contributed by atoms with Gasteiger partial charge in [-0.05, 0) is 19.9 Å². The number of nitrogens with one attached hydrogen (secondary N) is 1. The fraction of sp³-hybridized carbons (Fsp3) is 0.765. The molecule has 3 fully saturated rings. The van der Waals surface area contributed by atoms with E-state index in [1.807, 2.05) is 7.05 Å². The molecule has 0 bridgehead atoms. The summed E-state index contributed by atoms with van der Waals surface area (Å²) in [7, 11) is 2.05. The second-order valence-corrected chi connectivity index (χ2v) is 7.32. The normalized spacial score (nSPS) is 30.8. The number of hydrogen-bond donors (Lipinski definition) is 1. The van der Waals surface area contributed by atoms with E-state index in [-0.39, 0.29) is 29.7 Å². The Hall–Kier alpha value is -1.80. The molecule has 3 heterocycles. The van der Waals surface area contributed by atoms with Gasteiger partial charge in [0.2, 0.25) is 17.7 Å². The Morgan fingerprint density at radius 3 is 2.60 bits per heavy atom. The maximum atomic E-state index is 12.5. The molecule has 8 nitrogen and oxygen atoms in total. The molecule has 25 heavy (non-hydrogen) atoms. The monoisotopic (exact) mass is 347 g/mol. The van der Waals surface area contributed by atoms with Crippen molar-refractivity contribution >= 4 is 11.8 Å². The molecule has 136 valence electrons. The van der Waals surface area contributed by atoms with E-state index in [1.165, 1.54) is 4.90 Å². The fourth-order valence-corrected chi connectivity index (χ4v) is 4.26. The molecule has 1 aromatic rings. The number of fused-ring (bicyclic) bond motifs is 1. The maximum absolute atomic E-state index is 12.5. The number of carbonyl (C=O) groups is 2. The molecule has 0 spiro atoms. The number of nitrogens with zero attached hydrogens (tertiary/aromatic N) is 4. The SMILES string of the molecule is CN1CCNCC1c1noc(CCN2C(=O)C3CCCCC3C2=O)n1. The highest BCUT2D eigenvalue weighted by Crippen LogP contribution is 2.37. The molecule has 0 radical (unpaired) electrons. The average molecular weight is 347 g/mol. The van der Waals surface area contributed by atoms with E-state index in [1.54, 1.807) is 0 Å². The number of aromatic nitrogens is 2. The molecule has 0 aromatic carbocycles. The first-order valence-corrected chi connectivity index (χ1v) is 9.24. The maximum Gasteiger partial charge on any atom is 0.233 e. The molecule has 1 aromatic heterocycles. The van der Waals surface area contributed by atoms with Crippen molar-refractivity contribution in [1.29, 1.82) is 0 Å². The van der Waals surface area contributed by atoms with Gasteiger partial charge >= 0.3 is 0 Å². The van der Waals surface area contributed by atoms with Gasteiger partial charge < -0.3 is 9.84 Å². The summed E-state index contributed by atoms with van der Waals surface area (Å²) in [4.78, 5) is 33.1. The van der Waals surface area contributed by atoms with Crippen molar-refractivity contribution in [3.63, 3.8) is 0 Å². The third-order valence-corrected chi connectivity index (χ3v) is 5.77. The van der Waals surface area contributed by atoms with Crippen LogP contribution in [-0.4, -0.2) is 65.0 Å². The smallest absolute Gasteiger partial charge is 0.233 e. The lowest BCUT2D eigenvalue weighted by Gasteiger charge is -2.30. The summed E-state index contributed by atoms with van der Waals surface area (Å²) < 4.78 is 5.35. The van der Waals surface area contributed by atoms with Crippen molar-refractivity contribution < 1.29 is 14.1 Å². The molecule has 1 aliphatic carbocycles. The van der Waals surface area contributed by atoms with Crippen LogP contribution in [0.25, 0.3) is 0 Å². The lowest BCUT2D eigenvalue weighted by molar-refractivity contribution is -0.139. The topological polar surface area (TPSA) is 91.6 Å². The number of likely N-dealkylation sites (N-methyl/N-ethyl adjacent to an activating group) is 1. The zero-order valence-corrected chi connectivity index (χ0v) is 14.6. The molecule has 1 N–H and O–H groups in total. The van der Waals surface area contributed by atoms with Crippen molar-refractivity contribution in [3.05, 3.63) is 11.7 Å². The molecular formula is C17H25N5O3. The second kappa shape index (κ2) is 6.84. The molecule has 3 atom stereocenters. The Kier molecular flexibility index (Phi) is 4.56. The van der Waals surface area contributed by atoms with Crippen LogP contribution >= 0.6 is 0 Å². The summed E-state index contributed by atoms with van der Waals surface area (Å²) in [6, 6.07) is 0.101. The van der Waals surface area contributed by atoms with E-state index in [0.29, 0.717) is 24.7 Å². The Morgan fingerprint density at radius 1 is 1.20 bits per heavy atom. The Balaban J connectivity index is 1.39. The zero-order valence-electron chi connectivity index (χ0n) is 14.6. The molecule has 2 saturated heterocycles. The van der Waals surface area contributed by atoms with Gasteiger partial charge in [0.05, 0.1) is 17.9 Å². The average Bonchev–Trinajstić information content (AvgIpc) is 3.19. The van der Waals surface area contributed by atoms with E-state index >= 15 is 0 Å². The van der Waals surface area contributed by atoms with Crippen LogP contribution in [0, 0.1) is 11.8 Å². The Labute approximate surface area is 146 Å². The summed E-state index contributed by atoms with van der Waals surface area (Å²) >= 11 is 0. The lowest BCUT2D eigenvalue weighted by atomic mass is 9.81. The van der Waals surface area contributed by atoms with Crippen LogP contribution in [0.15, 0.2) is 4.52 Å². The number of amides is 2. The minimum Gasteiger partial charge on any atom is -0.339 e.